The van der Waals surface area contributed by atoms with Gasteiger partial charge >= 0.3 is 0 Å². The largest absolute Gasteiger partial charge is 0.497 e. The molecule has 1 N–H and O–H groups in total. The van der Waals surface area contributed by atoms with E-state index in [1.807, 2.05) is 24.3 Å². The lowest BCUT2D eigenvalue weighted by Crippen LogP contribution is -2.25. The first-order valence-electron chi connectivity index (χ1n) is 5.80. The molecule has 0 bridgehead atoms. The van der Waals surface area contributed by atoms with E-state index < -0.39 is 0 Å². The fraction of sp³-hybridized carbons (Fsp3) is 0.462. The number of nitrogens with one attached hydrogen (secondary N) is 1. The first kappa shape index (κ1) is 12.3. The molecule has 0 fully saturated rings. The summed E-state index contributed by atoms with van der Waals surface area (Å²) in [7, 11) is 1.67. The molecule has 1 heterocycles. The number of ether oxygens (including phenoxy) is 1. The Balaban J connectivity index is 2.03. The van der Waals surface area contributed by atoms with Gasteiger partial charge in [0.15, 0.2) is 5.17 Å². The van der Waals surface area contributed by atoms with E-state index in [0.29, 0.717) is 12.0 Å². The zero-order valence-electron chi connectivity index (χ0n) is 10.4. The third kappa shape index (κ3) is 3.16. The summed E-state index contributed by atoms with van der Waals surface area (Å²) >= 11 is 1.79. The third-order valence-electron chi connectivity index (χ3n) is 2.97. The summed E-state index contributed by atoms with van der Waals surface area (Å²) in [4.78, 5) is 4.64. The smallest absolute Gasteiger partial charge is 0.161 e. The molecule has 3 nitrogen and oxygen atoms in total. The molecule has 0 saturated carbocycles. The van der Waals surface area contributed by atoms with E-state index in [4.69, 9.17) is 4.74 Å². The fourth-order valence-corrected chi connectivity index (χ4v) is 2.70. The second-order valence-electron chi connectivity index (χ2n) is 4.32. The van der Waals surface area contributed by atoms with Crippen LogP contribution in [0.1, 0.15) is 13.8 Å². The summed E-state index contributed by atoms with van der Waals surface area (Å²) in [6.07, 6.45) is 0. The highest BCUT2D eigenvalue weighted by Gasteiger charge is 2.19. The van der Waals surface area contributed by atoms with Crippen LogP contribution in [-0.2, 0) is 0 Å². The van der Waals surface area contributed by atoms with Crippen molar-refractivity contribution in [1.29, 1.82) is 0 Å². The van der Waals surface area contributed by atoms with Crippen molar-refractivity contribution in [2.24, 2.45) is 10.9 Å². The van der Waals surface area contributed by atoms with E-state index in [1.165, 1.54) is 0 Å². The number of nitrogens with zero attached hydrogens (tertiary/aromatic N) is 1. The third-order valence-corrected chi connectivity index (χ3v) is 4.14. The highest BCUT2D eigenvalue weighted by atomic mass is 32.2. The highest BCUT2D eigenvalue weighted by Crippen LogP contribution is 2.24. The van der Waals surface area contributed by atoms with Crippen LogP contribution < -0.4 is 10.1 Å². The number of thioether (sulfide) groups is 1. The van der Waals surface area contributed by atoms with Crippen LogP contribution in [0.2, 0.25) is 0 Å². The molecule has 0 spiro atoms. The summed E-state index contributed by atoms with van der Waals surface area (Å²) in [5.41, 5.74) is 1.05. The predicted molar refractivity (Wildman–Crippen MR) is 75.1 cm³/mol. The maximum Gasteiger partial charge on any atom is 0.161 e. The maximum atomic E-state index is 5.13. The molecule has 2 atom stereocenters. The SMILES string of the molecule is COc1ccc(NC2=NC(C)C(C)CS2)cc1. The second-order valence-corrected chi connectivity index (χ2v) is 5.33. The van der Waals surface area contributed by atoms with Gasteiger partial charge in [-0.25, -0.2) is 0 Å². The van der Waals surface area contributed by atoms with Crippen LogP contribution in [0.3, 0.4) is 0 Å². The van der Waals surface area contributed by atoms with Gasteiger partial charge in [0, 0.05) is 11.4 Å². The summed E-state index contributed by atoms with van der Waals surface area (Å²) in [5, 5.41) is 4.36. The average Bonchev–Trinajstić information content (AvgIpc) is 2.35. The topological polar surface area (TPSA) is 33.6 Å². The van der Waals surface area contributed by atoms with E-state index in [2.05, 4.69) is 24.2 Å². The number of methoxy groups -OCH3 is 1. The highest BCUT2D eigenvalue weighted by molar-refractivity contribution is 8.14. The molecule has 1 aromatic carbocycles. The Kier molecular flexibility index (Phi) is 3.94. The fourth-order valence-electron chi connectivity index (χ4n) is 1.57. The number of benzene rings is 1. The van der Waals surface area contributed by atoms with Gasteiger partial charge in [-0.3, -0.25) is 4.99 Å². The van der Waals surface area contributed by atoms with Crippen LogP contribution in [0, 0.1) is 5.92 Å². The van der Waals surface area contributed by atoms with E-state index in [-0.39, 0.29) is 0 Å². The zero-order chi connectivity index (χ0) is 12.3. The van der Waals surface area contributed by atoms with Crippen molar-refractivity contribution >= 4 is 22.6 Å². The van der Waals surface area contributed by atoms with Crippen LogP contribution in [0.15, 0.2) is 29.3 Å². The predicted octanol–water partition coefficient (Wildman–Crippen LogP) is 3.23. The van der Waals surface area contributed by atoms with Crippen LogP contribution in [0.5, 0.6) is 5.75 Å². The first-order chi connectivity index (χ1) is 8.19. The summed E-state index contributed by atoms with van der Waals surface area (Å²) in [6, 6.07) is 8.30. The molecule has 4 heteroatoms. The summed E-state index contributed by atoms with van der Waals surface area (Å²) in [5.74, 6) is 2.65. The Morgan fingerprint density at radius 1 is 1.29 bits per heavy atom. The maximum absolute atomic E-state index is 5.13. The van der Waals surface area contributed by atoms with Crippen molar-refractivity contribution in [3.8, 4) is 5.75 Å². The Morgan fingerprint density at radius 3 is 2.59 bits per heavy atom. The van der Waals surface area contributed by atoms with Crippen LogP contribution >= 0.6 is 11.8 Å². The zero-order valence-corrected chi connectivity index (χ0v) is 11.3. The van der Waals surface area contributed by atoms with Crippen molar-refractivity contribution in [1.82, 2.24) is 0 Å². The van der Waals surface area contributed by atoms with Crippen molar-refractivity contribution in [2.45, 2.75) is 19.9 Å². The van der Waals surface area contributed by atoms with Gasteiger partial charge in [-0.2, -0.15) is 0 Å². The van der Waals surface area contributed by atoms with Crippen LogP contribution in [0.25, 0.3) is 0 Å². The quantitative estimate of drug-likeness (QED) is 0.875. The number of rotatable bonds is 2. The molecule has 1 aliphatic heterocycles. The van der Waals surface area contributed by atoms with Gasteiger partial charge in [0.1, 0.15) is 5.75 Å². The molecule has 92 valence electrons. The van der Waals surface area contributed by atoms with E-state index in [9.17, 15) is 0 Å². The molecule has 1 aliphatic rings. The Hall–Kier alpha value is -1.16. The number of anilines is 1. The van der Waals surface area contributed by atoms with Gasteiger partial charge in [-0.1, -0.05) is 18.7 Å². The normalized spacial score (nSPS) is 24.1. The van der Waals surface area contributed by atoms with Crippen LogP contribution in [-0.4, -0.2) is 24.1 Å². The Bertz CT molecular complexity index is 402. The molecule has 2 unspecified atom stereocenters. The van der Waals surface area contributed by atoms with E-state index >= 15 is 0 Å². The Morgan fingerprint density at radius 2 is 2.00 bits per heavy atom. The van der Waals surface area contributed by atoms with E-state index in [1.54, 1.807) is 18.9 Å². The van der Waals surface area contributed by atoms with Crippen LogP contribution in [0.4, 0.5) is 5.69 Å². The number of amidine groups is 1. The van der Waals surface area contributed by atoms with E-state index in [0.717, 1.165) is 22.4 Å². The van der Waals surface area contributed by atoms with Gasteiger partial charge in [0.25, 0.3) is 0 Å². The monoisotopic (exact) mass is 250 g/mol. The van der Waals surface area contributed by atoms with Gasteiger partial charge < -0.3 is 10.1 Å². The average molecular weight is 250 g/mol. The molecule has 17 heavy (non-hydrogen) atoms. The number of hydrogen-bond donors (Lipinski definition) is 1. The molecule has 1 aromatic rings. The van der Waals surface area contributed by atoms with Gasteiger partial charge in [0.2, 0.25) is 0 Å². The molecule has 2 rings (SSSR count). The lowest BCUT2D eigenvalue weighted by Gasteiger charge is -2.23. The first-order valence-corrected chi connectivity index (χ1v) is 6.79. The van der Waals surface area contributed by atoms with Crippen molar-refractivity contribution in [3.05, 3.63) is 24.3 Å². The van der Waals surface area contributed by atoms with Gasteiger partial charge in [-0.15, -0.1) is 0 Å². The lowest BCUT2D eigenvalue weighted by molar-refractivity contribution is 0.415. The van der Waals surface area contributed by atoms with Crippen molar-refractivity contribution < 1.29 is 4.74 Å². The standard InChI is InChI=1S/C13H18N2OS/c1-9-8-17-13(14-10(9)2)15-11-4-6-12(16-3)7-5-11/h4-7,9-10H,8H2,1-3H3,(H,14,15). The molecule has 0 radical (unpaired) electrons. The van der Waals surface area contributed by atoms with Gasteiger partial charge in [0.05, 0.1) is 13.2 Å². The van der Waals surface area contributed by atoms with Gasteiger partial charge in [-0.05, 0) is 37.1 Å². The molecular formula is C13H18N2OS. The van der Waals surface area contributed by atoms with Crippen molar-refractivity contribution in [2.75, 3.05) is 18.2 Å². The lowest BCUT2D eigenvalue weighted by atomic mass is 10.1. The minimum absolute atomic E-state index is 0.400. The number of hydrogen-bond acceptors (Lipinski definition) is 4. The molecule has 0 amide bonds. The minimum Gasteiger partial charge on any atom is -0.497 e. The summed E-state index contributed by atoms with van der Waals surface area (Å²) in [6.45, 7) is 4.41. The van der Waals surface area contributed by atoms with Crippen molar-refractivity contribution in [3.63, 3.8) is 0 Å². The Labute approximate surface area is 107 Å². The minimum atomic E-state index is 0.400. The molecular weight excluding hydrogens is 232 g/mol. The summed E-state index contributed by atoms with van der Waals surface area (Å²) < 4.78 is 5.13. The molecule has 0 saturated heterocycles. The molecule has 0 aliphatic carbocycles. The number of aliphatic imine (C=N–C) groups is 1. The molecule has 0 aromatic heterocycles. The second kappa shape index (κ2) is 5.45.